The Kier molecular flexibility index (Phi) is 3.28. The molecular weight excluding hydrogens is 200 g/mol. The van der Waals surface area contributed by atoms with E-state index in [-0.39, 0.29) is 22.6 Å². The predicted molar refractivity (Wildman–Crippen MR) is 51.4 cm³/mol. The summed E-state index contributed by atoms with van der Waals surface area (Å²) in [5, 5.41) is 9.41. The van der Waals surface area contributed by atoms with E-state index in [9.17, 15) is 14.7 Å². The van der Waals surface area contributed by atoms with Crippen LogP contribution < -0.4 is 4.74 Å². The summed E-state index contributed by atoms with van der Waals surface area (Å²) in [6.45, 7) is 0. The highest BCUT2D eigenvalue weighted by atomic mass is 16.5. The summed E-state index contributed by atoms with van der Waals surface area (Å²) in [5.41, 5.74) is 0.113. The van der Waals surface area contributed by atoms with E-state index in [1.54, 1.807) is 0 Å². The van der Waals surface area contributed by atoms with Crippen LogP contribution in [0.3, 0.4) is 0 Å². The lowest BCUT2D eigenvalue weighted by molar-refractivity contribution is 0.0598. The summed E-state index contributed by atoms with van der Waals surface area (Å²) < 4.78 is 9.25. The highest BCUT2D eigenvalue weighted by Gasteiger charge is 2.15. The molecule has 0 bridgehead atoms. The van der Waals surface area contributed by atoms with E-state index < -0.39 is 5.97 Å². The third-order valence-corrected chi connectivity index (χ3v) is 1.88. The van der Waals surface area contributed by atoms with Crippen LogP contribution in [0.1, 0.15) is 20.7 Å². The standard InChI is InChI=1S/C10H10O5/c1-14-9-3-6(5-11)7(4-8(9)12)10(13)15-2/h3-5,12H,1-2H3. The fraction of sp³-hybridized carbons (Fsp3) is 0.200. The highest BCUT2D eigenvalue weighted by Crippen LogP contribution is 2.29. The summed E-state index contributed by atoms with van der Waals surface area (Å²) in [4.78, 5) is 21.9. The maximum absolute atomic E-state index is 11.2. The van der Waals surface area contributed by atoms with Crippen LogP contribution in [0.15, 0.2) is 12.1 Å². The number of hydrogen-bond acceptors (Lipinski definition) is 5. The van der Waals surface area contributed by atoms with E-state index in [2.05, 4.69) is 4.74 Å². The Hall–Kier alpha value is -2.04. The summed E-state index contributed by atoms with van der Waals surface area (Å²) in [5.74, 6) is -0.775. The molecule has 0 saturated heterocycles. The van der Waals surface area contributed by atoms with Crippen molar-refractivity contribution >= 4 is 12.3 Å². The molecule has 0 aliphatic heterocycles. The fourth-order valence-corrected chi connectivity index (χ4v) is 1.13. The lowest BCUT2D eigenvalue weighted by Gasteiger charge is -2.07. The molecule has 0 aliphatic rings. The van der Waals surface area contributed by atoms with E-state index >= 15 is 0 Å². The number of esters is 1. The van der Waals surface area contributed by atoms with E-state index in [0.717, 1.165) is 6.07 Å². The van der Waals surface area contributed by atoms with Gasteiger partial charge in [0.15, 0.2) is 17.8 Å². The second-order valence-corrected chi connectivity index (χ2v) is 2.72. The number of ether oxygens (including phenoxy) is 2. The monoisotopic (exact) mass is 210 g/mol. The third kappa shape index (κ3) is 2.07. The molecule has 15 heavy (non-hydrogen) atoms. The van der Waals surface area contributed by atoms with Crippen molar-refractivity contribution in [3.63, 3.8) is 0 Å². The molecule has 0 aliphatic carbocycles. The lowest BCUT2D eigenvalue weighted by Crippen LogP contribution is -2.05. The van der Waals surface area contributed by atoms with Crippen LogP contribution in [-0.2, 0) is 4.74 Å². The molecule has 0 saturated carbocycles. The second-order valence-electron chi connectivity index (χ2n) is 2.72. The molecule has 5 heteroatoms. The van der Waals surface area contributed by atoms with Crippen LogP contribution in [0.2, 0.25) is 0 Å². The molecule has 0 heterocycles. The van der Waals surface area contributed by atoms with Gasteiger partial charge in [-0.25, -0.2) is 4.79 Å². The summed E-state index contributed by atoms with van der Waals surface area (Å²) in [6.07, 6.45) is 0.494. The zero-order chi connectivity index (χ0) is 11.4. The van der Waals surface area contributed by atoms with Crippen LogP contribution in [-0.4, -0.2) is 31.6 Å². The van der Waals surface area contributed by atoms with Crippen molar-refractivity contribution in [2.75, 3.05) is 14.2 Å². The lowest BCUT2D eigenvalue weighted by atomic mass is 10.1. The molecule has 5 nitrogen and oxygen atoms in total. The number of methoxy groups -OCH3 is 2. The number of aldehydes is 1. The number of carbonyl (C=O) groups excluding carboxylic acids is 2. The predicted octanol–water partition coefficient (Wildman–Crippen LogP) is 1.000. The molecule has 1 rings (SSSR count). The molecule has 0 radical (unpaired) electrons. The fourth-order valence-electron chi connectivity index (χ4n) is 1.13. The Labute approximate surface area is 86.2 Å². The van der Waals surface area contributed by atoms with E-state index in [4.69, 9.17) is 4.74 Å². The van der Waals surface area contributed by atoms with Gasteiger partial charge in [0.25, 0.3) is 0 Å². The Morgan fingerprint density at radius 2 is 2.07 bits per heavy atom. The van der Waals surface area contributed by atoms with Crippen molar-refractivity contribution in [3.05, 3.63) is 23.3 Å². The number of phenols is 1. The second kappa shape index (κ2) is 4.45. The molecule has 80 valence electrons. The van der Waals surface area contributed by atoms with Crippen molar-refractivity contribution < 1.29 is 24.2 Å². The van der Waals surface area contributed by atoms with Gasteiger partial charge in [0.2, 0.25) is 0 Å². The average Bonchev–Trinajstić information content (AvgIpc) is 2.27. The molecular formula is C10H10O5. The normalized spacial score (nSPS) is 9.47. The quantitative estimate of drug-likeness (QED) is 0.595. The van der Waals surface area contributed by atoms with Crippen molar-refractivity contribution in [3.8, 4) is 11.5 Å². The minimum atomic E-state index is -0.685. The molecule has 0 amide bonds. The van der Waals surface area contributed by atoms with E-state index in [1.165, 1.54) is 20.3 Å². The summed E-state index contributed by atoms with van der Waals surface area (Å²) >= 11 is 0. The molecule has 0 spiro atoms. The van der Waals surface area contributed by atoms with E-state index in [0.29, 0.717) is 6.29 Å². The van der Waals surface area contributed by atoms with Crippen molar-refractivity contribution in [2.24, 2.45) is 0 Å². The molecule has 1 aromatic carbocycles. The van der Waals surface area contributed by atoms with Gasteiger partial charge in [0, 0.05) is 5.56 Å². The number of aromatic hydroxyl groups is 1. The molecule has 0 atom stereocenters. The first kappa shape index (κ1) is 11.0. The first-order valence-corrected chi connectivity index (χ1v) is 4.08. The van der Waals surface area contributed by atoms with Gasteiger partial charge < -0.3 is 14.6 Å². The Balaban J connectivity index is 3.33. The maximum atomic E-state index is 11.2. The van der Waals surface area contributed by atoms with Crippen molar-refractivity contribution in [1.82, 2.24) is 0 Å². The Morgan fingerprint density at radius 3 is 2.53 bits per heavy atom. The highest BCUT2D eigenvalue weighted by molar-refractivity contribution is 5.99. The average molecular weight is 210 g/mol. The zero-order valence-corrected chi connectivity index (χ0v) is 8.31. The van der Waals surface area contributed by atoms with Crippen LogP contribution in [0.4, 0.5) is 0 Å². The Bertz CT molecular complexity index is 397. The van der Waals surface area contributed by atoms with Gasteiger partial charge in [-0.1, -0.05) is 0 Å². The van der Waals surface area contributed by atoms with Gasteiger partial charge in [0.1, 0.15) is 0 Å². The van der Waals surface area contributed by atoms with Gasteiger partial charge in [0.05, 0.1) is 19.8 Å². The molecule has 0 aromatic heterocycles. The third-order valence-electron chi connectivity index (χ3n) is 1.88. The largest absolute Gasteiger partial charge is 0.504 e. The number of hydrogen-bond donors (Lipinski definition) is 1. The first-order chi connectivity index (χ1) is 7.13. The minimum absolute atomic E-state index is 0.00537. The number of carbonyl (C=O) groups is 2. The van der Waals surface area contributed by atoms with Gasteiger partial charge in [-0.2, -0.15) is 0 Å². The van der Waals surface area contributed by atoms with Crippen LogP contribution >= 0.6 is 0 Å². The zero-order valence-electron chi connectivity index (χ0n) is 8.31. The van der Waals surface area contributed by atoms with Crippen LogP contribution in [0, 0.1) is 0 Å². The van der Waals surface area contributed by atoms with Crippen molar-refractivity contribution in [2.45, 2.75) is 0 Å². The van der Waals surface area contributed by atoms with Crippen LogP contribution in [0.5, 0.6) is 11.5 Å². The molecule has 0 fully saturated rings. The SMILES string of the molecule is COC(=O)c1cc(O)c(OC)cc1C=O. The molecule has 1 aromatic rings. The summed E-state index contributed by atoms with van der Waals surface area (Å²) in [7, 11) is 2.54. The first-order valence-electron chi connectivity index (χ1n) is 4.08. The van der Waals surface area contributed by atoms with Crippen molar-refractivity contribution in [1.29, 1.82) is 0 Å². The Morgan fingerprint density at radius 1 is 1.40 bits per heavy atom. The molecule has 0 unspecified atom stereocenters. The topological polar surface area (TPSA) is 72.8 Å². The minimum Gasteiger partial charge on any atom is -0.504 e. The number of benzene rings is 1. The molecule has 1 N–H and O–H groups in total. The number of phenolic OH excluding ortho intramolecular Hbond substituents is 1. The summed E-state index contributed by atoms with van der Waals surface area (Å²) in [6, 6.07) is 2.41. The smallest absolute Gasteiger partial charge is 0.338 e. The van der Waals surface area contributed by atoms with Gasteiger partial charge in [-0.15, -0.1) is 0 Å². The van der Waals surface area contributed by atoms with Gasteiger partial charge >= 0.3 is 5.97 Å². The maximum Gasteiger partial charge on any atom is 0.338 e. The number of rotatable bonds is 3. The van der Waals surface area contributed by atoms with Gasteiger partial charge in [-0.3, -0.25) is 4.79 Å². The van der Waals surface area contributed by atoms with Gasteiger partial charge in [-0.05, 0) is 12.1 Å². The van der Waals surface area contributed by atoms with E-state index in [1.807, 2.05) is 0 Å². The van der Waals surface area contributed by atoms with Crippen LogP contribution in [0.25, 0.3) is 0 Å².